The maximum atomic E-state index is 13.3. The number of rotatable bonds is 7. The topological polar surface area (TPSA) is 123 Å². The average Bonchev–Trinajstić information content (AvgIpc) is 2.79. The lowest BCUT2D eigenvalue weighted by molar-refractivity contribution is 0.518. The van der Waals surface area contributed by atoms with E-state index in [0.29, 0.717) is 22.2 Å². The Labute approximate surface area is 226 Å². The zero-order chi connectivity index (χ0) is 26.8. The fourth-order valence-electron chi connectivity index (χ4n) is 3.58. The number of aliphatic imine (C=N–C) groups is 1. The molecule has 0 bridgehead atoms. The van der Waals surface area contributed by atoms with Crippen molar-refractivity contribution >= 4 is 67.0 Å². The fourth-order valence-corrected chi connectivity index (χ4v) is 5.46. The van der Waals surface area contributed by atoms with Gasteiger partial charge in [-0.3, -0.25) is 9.79 Å². The van der Waals surface area contributed by atoms with Gasteiger partial charge in [0, 0.05) is 30.6 Å². The van der Waals surface area contributed by atoms with E-state index in [1.165, 1.54) is 12.4 Å². The van der Waals surface area contributed by atoms with Crippen molar-refractivity contribution in [3.63, 3.8) is 0 Å². The summed E-state index contributed by atoms with van der Waals surface area (Å²) in [5.41, 5.74) is 8.17. The van der Waals surface area contributed by atoms with Gasteiger partial charge in [-0.05, 0) is 74.3 Å². The van der Waals surface area contributed by atoms with Crippen molar-refractivity contribution in [3.8, 4) is 0 Å². The Morgan fingerprint density at radius 3 is 2.64 bits per heavy atom. The molecule has 0 amide bonds. The molecule has 11 heteroatoms. The van der Waals surface area contributed by atoms with E-state index in [2.05, 4.69) is 35.9 Å². The maximum Gasteiger partial charge on any atom is 0.207 e. The molecule has 3 aromatic rings. The number of fused-ring (bicyclic) bond motifs is 1. The van der Waals surface area contributed by atoms with Crippen LogP contribution in [0.15, 0.2) is 54.2 Å². The number of anilines is 1. The van der Waals surface area contributed by atoms with E-state index < -0.39 is 16.5 Å². The molecule has 2 unspecified atom stereocenters. The van der Waals surface area contributed by atoms with E-state index in [4.69, 9.17) is 21.8 Å². The summed E-state index contributed by atoms with van der Waals surface area (Å²) < 4.78 is 22.6. The van der Waals surface area contributed by atoms with Crippen LogP contribution in [0.3, 0.4) is 0 Å². The van der Waals surface area contributed by atoms with Crippen LogP contribution in [0.25, 0.3) is 16.5 Å². The van der Waals surface area contributed by atoms with Gasteiger partial charge in [0.25, 0.3) is 0 Å². The lowest BCUT2D eigenvalue weighted by Crippen LogP contribution is -2.37. The van der Waals surface area contributed by atoms with Gasteiger partial charge in [-0.1, -0.05) is 17.7 Å². The second-order valence-corrected chi connectivity index (χ2v) is 11.6. The number of hydrogen-bond acceptors (Lipinski definition) is 7. The van der Waals surface area contributed by atoms with Crippen LogP contribution >= 0.6 is 27.5 Å². The molecule has 0 spiro atoms. The number of nitrogens with zero attached hydrogens (tertiary/aromatic N) is 2. The zero-order valence-corrected chi connectivity index (χ0v) is 24.1. The van der Waals surface area contributed by atoms with Crippen LogP contribution in [0.4, 0.5) is 5.69 Å². The smallest absolute Gasteiger partial charge is 0.207 e. The van der Waals surface area contributed by atoms with Crippen molar-refractivity contribution in [2.75, 3.05) is 12.4 Å². The second kappa shape index (κ2) is 11.2. The van der Waals surface area contributed by atoms with Gasteiger partial charge in [0.05, 0.1) is 22.7 Å². The zero-order valence-electron chi connectivity index (χ0n) is 20.9. The van der Waals surface area contributed by atoms with E-state index in [1.807, 2.05) is 40.7 Å². The van der Waals surface area contributed by atoms with Gasteiger partial charge in [0.2, 0.25) is 5.43 Å². The van der Waals surface area contributed by atoms with Crippen LogP contribution < -0.4 is 21.2 Å². The van der Waals surface area contributed by atoms with Gasteiger partial charge in [0.1, 0.15) is 26.2 Å². The highest BCUT2D eigenvalue weighted by molar-refractivity contribution is 9.10. The summed E-state index contributed by atoms with van der Waals surface area (Å²) in [6.45, 7) is 9.56. The highest BCUT2D eigenvalue weighted by Crippen LogP contribution is 2.33. The lowest BCUT2D eigenvalue weighted by atomic mass is 10.0. The van der Waals surface area contributed by atoms with Crippen molar-refractivity contribution in [3.05, 3.63) is 67.2 Å². The van der Waals surface area contributed by atoms with Crippen LogP contribution in [0.2, 0.25) is 5.15 Å². The summed E-state index contributed by atoms with van der Waals surface area (Å²) in [7, 11) is -0.0182. The molecule has 36 heavy (non-hydrogen) atoms. The Balaban J connectivity index is 2.16. The molecule has 2 atom stereocenters. The first kappa shape index (κ1) is 28.0. The molecule has 3 rings (SSSR count). The molecule has 0 saturated carbocycles. The van der Waals surface area contributed by atoms with Crippen molar-refractivity contribution in [2.45, 2.75) is 51.2 Å². The van der Waals surface area contributed by atoms with E-state index in [1.54, 1.807) is 25.2 Å². The van der Waals surface area contributed by atoms with Crippen LogP contribution in [0, 0.1) is 6.92 Å². The summed E-state index contributed by atoms with van der Waals surface area (Å²) in [4.78, 5) is 21.6. The maximum absolute atomic E-state index is 13.3. The molecule has 0 aliphatic heterocycles. The number of aryl methyl sites for hydroxylation is 1. The minimum absolute atomic E-state index is 0.225. The van der Waals surface area contributed by atoms with Gasteiger partial charge in [0.15, 0.2) is 10.8 Å². The van der Waals surface area contributed by atoms with Gasteiger partial charge < -0.3 is 15.5 Å². The molecule has 4 N–H and O–H groups in total. The fraction of sp³-hybridized carbons (Fsp3) is 0.320. The summed E-state index contributed by atoms with van der Waals surface area (Å²) in [5, 5.41) is 4.30. The molecule has 0 saturated heterocycles. The number of aromatic nitrogens is 1. The van der Waals surface area contributed by atoms with Gasteiger partial charge in [-0.2, -0.15) is 0 Å². The predicted molar refractivity (Wildman–Crippen MR) is 152 cm³/mol. The number of pyridine rings is 1. The average molecular weight is 595 g/mol. The third kappa shape index (κ3) is 6.23. The van der Waals surface area contributed by atoms with E-state index in [-0.39, 0.29) is 31.9 Å². The van der Waals surface area contributed by atoms with Crippen molar-refractivity contribution in [1.29, 1.82) is 0 Å². The normalized spacial score (nSPS) is 14.4. The summed E-state index contributed by atoms with van der Waals surface area (Å²) in [6, 6.07) is 6.72. The number of benzene rings is 1. The number of halogens is 2. The third-order valence-electron chi connectivity index (χ3n) is 5.06. The summed E-state index contributed by atoms with van der Waals surface area (Å²) >= 11 is 9.49. The van der Waals surface area contributed by atoms with Crippen LogP contribution in [0.5, 0.6) is 0 Å². The summed E-state index contributed by atoms with van der Waals surface area (Å²) in [6.07, 6.45) is 2.86. The first-order valence-electron chi connectivity index (χ1n) is 11.1. The van der Waals surface area contributed by atoms with Crippen molar-refractivity contribution in [1.82, 2.24) is 9.71 Å². The van der Waals surface area contributed by atoms with Crippen LogP contribution in [-0.4, -0.2) is 28.0 Å². The minimum atomic E-state index is -1.62. The van der Waals surface area contributed by atoms with Crippen molar-refractivity contribution in [2.24, 2.45) is 10.7 Å². The number of nitrogens with two attached hydrogens (primary N) is 1. The van der Waals surface area contributed by atoms with Gasteiger partial charge >= 0.3 is 0 Å². The standard InChI is InChI=1S/C25H29BrClN5O3S/c1-13-9-16(23-17(10-13)21(33)20(26)22(35-23)15(11-28)12-29-6)14(2)30-18-7-8-19(27)31-24(18)36(34)32-25(3,4)5/h7-12,14,30,32H,28H2,1-6H3/b15-11+,29-12?. The molecule has 1 aromatic carbocycles. The minimum Gasteiger partial charge on any atom is -0.454 e. The van der Waals surface area contributed by atoms with Gasteiger partial charge in [-0.25, -0.2) is 13.9 Å². The van der Waals surface area contributed by atoms with E-state index >= 15 is 0 Å². The third-order valence-corrected chi connectivity index (χ3v) is 7.45. The van der Waals surface area contributed by atoms with Crippen LogP contribution in [-0.2, 0) is 11.0 Å². The molecular weight excluding hydrogens is 566 g/mol. The Morgan fingerprint density at radius 1 is 1.33 bits per heavy atom. The lowest BCUT2D eigenvalue weighted by Gasteiger charge is -2.22. The number of hydrogen-bond donors (Lipinski definition) is 3. The Hall–Kier alpha value is -2.53. The molecule has 0 aliphatic rings. The van der Waals surface area contributed by atoms with E-state index in [9.17, 15) is 9.00 Å². The molecule has 192 valence electrons. The first-order chi connectivity index (χ1) is 16.9. The molecule has 8 nitrogen and oxygen atoms in total. The number of allylic oxidation sites excluding steroid dienone is 1. The quantitative estimate of drug-likeness (QED) is 0.245. The highest BCUT2D eigenvalue weighted by atomic mass is 79.9. The Kier molecular flexibility index (Phi) is 8.76. The second-order valence-electron chi connectivity index (χ2n) is 9.29. The van der Waals surface area contributed by atoms with Gasteiger partial charge in [-0.15, -0.1) is 0 Å². The SMILES string of the molecule is CN=C/C(=C\N)c1oc2c(C(C)Nc3ccc(Cl)nc3S(=O)NC(C)(C)C)cc(C)cc2c(=O)c1Br. The van der Waals surface area contributed by atoms with E-state index in [0.717, 1.165) is 11.1 Å². The molecular formula is C25H29BrClN5O3S. The molecule has 2 heterocycles. The largest absolute Gasteiger partial charge is 0.454 e. The number of nitrogens with one attached hydrogen (secondary N) is 2. The molecule has 2 aromatic heterocycles. The molecule has 0 aliphatic carbocycles. The van der Waals surface area contributed by atoms with Crippen molar-refractivity contribution < 1.29 is 8.63 Å². The summed E-state index contributed by atoms with van der Waals surface area (Å²) in [5.74, 6) is 0.280. The van der Waals surface area contributed by atoms with Crippen LogP contribution in [0.1, 0.15) is 50.6 Å². The monoisotopic (exact) mass is 593 g/mol. The first-order valence-corrected chi connectivity index (χ1v) is 13.4. The molecule has 0 fully saturated rings. The molecule has 0 radical (unpaired) electrons. The predicted octanol–water partition coefficient (Wildman–Crippen LogP) is 5.50. The highest BCUT2D eigenvalue weighted by Gasteiger charge is 2.23. The Morgan fingerprint density at radius 2 is 2.03 bits per heavy atom. The Bertz CT molecular complexity index is 1450.